The molecule has 2 fully saturated rings. The summed E-state index contributed by atoms with van der Waals surface area (Å²) in [5, 5.41) is 20.6. The van der Waals surface area contributed by atoms with Crippen LogP contribution in [0.3, 0.4) is 0 Å². The van der Waals surface area contributed by atoms with Gasteiger partial charge in [-0.25, -0.2) is 0 Å². The van der Waals surface area contributed by atoms with Crippen LogP contribution in [0.1, 0.15) is 94.2 Å². The van der Waals surface area contributed by atoms with Gasteiger partial charge < -0.3 is 64.3 Å². The molecule has 2 saturated heterocycles. The summed E-state index contributed by atoms with van der Waals surface area (Å²) < 4.78 is 0. The fourth-order valence-electron chi connectivity index (χ4n) is 9.51. The number of nitrogens with zero attached hydrogens (tertiary/aromatic N) is 2. The van der Waals surface area contributed by atoms with Crippen LogP contribution in [0.15, 0.2) is 90.1 Å². The Morgan fingerprint density at radius 2 is 1.43 bits per heavy atom. The van der Waals surface area contributed by atoms with Gasteiger partial charge in [0.25, 0.3) is 0 Å². The number of aromatic amines is 1. The molecule has 21 nitrogen and oxygen atoms in total. The summed E-state index contributed by atoms with van der Waals surface area (Å²) in [4.78, 5) is 123. The Morgan fingerprint density at radius 1 is 0.760 bits per heavy atom. The molecule has 8 amide bonds. The largest absolute Gasteiger partial charge is 0.371 e. The molecule has 0 saturated carbocycles. The lowest BCUT2D eigenvalue weighted by molar-refractivity contribution is -0.139. The van der Waals surface area contributed by atoms with Gasteiger partial charge in [0.05, 0.1) is 6.42 Å². The number of nitrogens with two attached hydrogens (primary N) is 3. The summed E-state index contributed by atoms with van der Waals surface area (Å²) in [5.74, 6) is -5.68. The summed E-state index contributed by atoms with van der Waals surface area (Å²) in [6, 6.07) is 17.7. The number of fused-ring (bicyclic) bond motifs is 1. The lowest BCUT2D eigenvalue weighted by Gasteiger charge is -2.43. The Hall–Kier alpha value is -7.97. The molecule has 0 radical (unpaired) electrons. The normalized spacial score (nSPS) is 21.6. The van der Waals surface area contributed by atoms with E-state index in [1.807, 2.05) is 62.4 Å². The van der Waals surface area contributed by atoms with Crippen molar-refractivity contribution in [3.8, 4) is 0 Å². The third-order valence-electron chi connectivity index (χ3n) is 13.8. The second-order valence-corrected chi connectivity index (χ2v) is 19.4. The number of aromatic nitrogens is 1. The smallest absolute Gasteiger partial charge is 0.246 e. The number of carbonyl (C=O) groups is 8. The van der Waals surface area contributed by atoms with E-state index in [4.69, 9.17) is 17.2 Å². The second-order valence-electron chi connectivity index (χ2n) is 19.4. The van der Waals surface area contributed by atoms with Crippen LogP contribution >= 0.6 is 0 Å². The van der Waals surface area contributed by atoms with Crippen molar-refractivity contribution in [2.75, 3.05) is 31.1 Å². The maximum Gasteiger partial charge on any atom is 0.246 e. The molecule has 402 valence electrons. The second kappa shape index (κ2) is 27.4. The SMILES string of the molecule is CCCCC(=O)N[C@H]1CC(=O)NCCCC[C@@H](C(N)=O)NC(=O)[C@H](Cc2c[nH]c3ccccc23)NC(=O)[C@H](CCCN=C(N)N)NC(=O)[C@@H](Cc2ccccc2)NC(=O)C2(CCN(c3ccccc3C)CC2)NC1=O. The van der Waals surface area contributed by atoms with Crippen LogP contribution in [-0.4, -0.2) is 120 Å². The van der Waals surface area contributed by atoms with Crippen molar-refractivity contribution in [1.29, 1.82) is 0 Å². The number of aryl methyl sites for hydroxylation is 1. The van der Waals surface area contributed by atoms with Crippen LogP contribution in [0.4, 0.5) is 5.69 Å². The van der Waals surface area contributed by atoms with Crippen molar-refractivity contribution in [2.24, 2.45) is 22.2 Å². The number of guanidine groups is 1. The quantitative estimate of drug-likeness (QED) is 0.0485. The number of para-hydroxylation sites is 2. The van der Waals surface area contributed by atoms with Gasteiger partial charge in [0.1, 0.15) is 35.7 Å². The van der Waals surface area contributed by atoms with Crippen molar-refractivity contribution >= 4 is 69.8 Å². The van der Waals surface area contributed by atoms with Gasteiger partial charge in [0.15, 0.2) is 5.96 Å². The highest BCUT2D eigenvalue weighted by molar-refractivity contribution is 6.00. The van der Waals surface area contributed by atoms with Gasteiger partial charge >= 0.3 is 0 Å². The van der Waals surface area contributed by atoms with Crippen molar-refractivity contribution in [3.05, 3.63) is 102 Å². The zero-order chi connectivity index (χ0) is 53.9. The molecule has 2 aliphatic heterocycles. The van der Waals surface area contributed by atoms with Crippen LogP contribution in [-0.2, 0) is 51.2 Å². The molecule has 0 bridgehead atoms. The van der Waals surface area contributed by atoms with Gasteiger partial charge in [-0.3, -0.25) is 43.3 Å². The number of amides is 8. The number of H-pyrrole nitrogens is 1. The Labute approximate surface area is 437 Å². The first-order valence-electron chi connectivity index (χ1n) is 25.9. The highest BCUT2D eigenvalue weighted by Crippen LogP contribution is 2.30. The zero-order valence-electron chi connectivity index (χ0n) is 42.9. The standard InChI is InChI=1S/C54H73N13O8/c1-3-4-23-45(68)61-43-32-46(69)58-26-13-12-20-39(47(55)70)62-50(73)42(31-36-33-60-38-19-10-9-18-37(36)38)64-48(71)40(21-14-27-59-53(56)57)63-49(72)41(30-35-16-6-5-7-17-35)65-52(75)54(66-51(43)74)24-28-67(29-25-54)44-22-11-8-15-34(44)2/h5-11,15-19,22,33,39-43,60H,3-4,12-14,20-21,23-32H2,1-2H3,(H2,55,70)(H,58,69)(H,61,68)(H,62,73)(H,63,72)(H,64,71)(H,65,75)(H,66,74)(H4,56,57,59)/t39-,40-,41+,42-,43-/m0/s1. The Kier molecular flexibility index (Phi) is 20.5. The van der Waals surface area contributed by atoms with Crippen LogP contribution in [0, 0.1) is 6.92 Å². The van der Waals surface area contributed by atoms with Gasteiger partial charge in [-0.1, -0.05) is 80.1 Å². The van der Waals surface area contributed by atoms with E-state index in [9.17, 15) is 33.6 Å². The molecule has 3 heterocycles. The van der Waals surface area contributed by atoms with Crippen LogP contribution in [0.25, 0.3) is 10.9 Å². The van der Waals surface area contributed by atoms with Crippen molar-refractivity contribution in [1.82, 2.24) is 42.2 Å². The maximum absolute atomic E-state index is 15.2. The Morgan fingerprint density at radius 3 is 2.15 bits per heavy atom. The molecule has 3 aromatic carbocycles. The highest BCUT2D eigenvalue weighted by atomic mass is 16.2. The van der Waals surface area contributed by atoms with E-state index >= 15 is 4.79 Å². The number of nitrogens with one attached hydrogen (secondary N) is 8. The summed E-state index contributed by atoms with van der Waals surface area (Å²) in [5.41, 5.74) is 19.5. The minimum absolute atomic E-state index is 0.0153. The lowest BCUT2D eigenvalue weighted by Crippen LogP contribution is -2.68. The molecule has 75 heavy (non-hydrogen) atoms. The number of hydrogen-bond acceptors (Lipinski definition) is 10. The third kappa shape index (κ3) is 16.3. The number of hydrogen-bond donors (Lipinski definition) is 11. The number of aliphatic imine (C=N–C) groups is 1. The predicted molar refractivity (Wildman–Crippen MR) is 285 cm³/mol. The molecular formula is C54H73N13O8. The van der Waals surface area contributed by atoms with E-state index in [1.165, 1.54) is 0 Å². The Balaban J connectivity index is 1.40. The van der Waals surface area contributed by atoms with Crippen LogP contribution in [0.5, 0.6) is 0 Å². The van der Waals surface area contributed by atoms with Gasteiger partial charge in [0, 0.05) is 68.2 Å². The minimum Gasteiger partial charge on any atom is -0.371 e. The van der Waals surface area contributed by atoms with Gasteiger partial charge in [-0.05, 0) is 87.1 Å². The molecule has 6 rings (SSSR count). The van der Waals surface area contributed by atoms with E-state index in [0.29, 0.717) is 49.9 Å². The van der Waals surface area contributed by atoms with Gasteiger partial charge in [0.2, 0.25) is 47.3 Å². The number of piperidine rings is 1. The molecular weight excluding hydrogens is 959 g/mol. The number of benzene rings is 3. The molecule has 0 unspecified atom stereocenters. The first kappa shape index (κ1) is 56.3. The molecule has 1 aromatic heterocycles. The predicted octanol–water partition coefficient (Wildman–Crippen LogP) is 1.26. The molecule has 4 aromatic rings. The summed E-state index contributed by atoms with van der Waals surface area (Å²) in [7, 11) is 0. The third-order valence-corrected chi connectivity index (χ3v) is 13.8. The summed E-state index contributed by atoms with van der Waals surface area (Å²) >= 11 is 0. The topological polar surface area (TPSA) is 330 Å². The molecule has 14 N–H and O–H groups in total. The average molecular weight is 1030 g/mol. The highest BCUT2D eigenvalue weighted by Gasteiger charge is 2.46. The fraction of sp³-hybridized carbons (Fsp3) is 0.463. The zero-order valence-corrected chi connectivity index (χ0v) is 42.9. The number of primary amides is 1. The van der Waals surface area contributed by atoms with Crippen molar-refractivity contribution < 1.29 is 38.4 Å². The molecule has 0 aliphatic carbocycles. The van der Waals surface area contributed by atoms with Gasteiger partial charge in [-0.15, -0.1) is 0 Å². The number of carbonyl (C=O) groups excluding carboxylic acids is 8. The van der Waals surface area contributed by atoms with E-state index in [0.717, 1.165) is 22.2 Å². The van der Waals surface area contributed by atoms with E-state index in [-0.39, 0.29) is 70.4 Å². The number of rotatable bonds is 14. The maximum atomic E-state index is 15.2. The van der Waals surface area contributed by atoms with E-state index in [1.54, 1.807) is 36.5 Å². The number of anilines is 1. The average Bonchev–Trinajstić information content (AvgIpc) is 3.80. The van der Waals surface area contributed by atoms with Crippen LogP contribution < -0.4 is 59.3 Å². The lowest BCUT2D eigenvalue weighted by atomic mass is 9.84. The van der Waals surface area contributed by atoms with Crippen molar-refractivity contribution in [3.63, 3.8) is 0 Å². The first-order valence-corrected chi connectivity index (χ1v) is 25.9. The fourth-order valence-corrected chi connectivity index (χ4v) is 9.51. The van der Waals surface area contributed by atoms with Crippen molar-refractivity contribution in [2.45, 2.75) is 133 Å². The summed E-state index contributed by atoms with van der Waals surface area (Å²) in [6.45, 7) is 4.73. The Bertz CT molecular complexity index is 2660. The molecule has 21 heteroatoms. The molecule has 1 spiro atoms. The monoisotopic (exact) mass is 1030 g/mol. The number of unbranched alkanes of at least 4 members (excludes halogenated alkanes) is 1. The first-order chi connectivity index (χ1) is 36.0. The molecule has 5 atom stereocenters. The molecule has 2 aliphatic rings. The summed E-state index contributed by atoms with van der Waals surface area (Å²) in [6.07, 6.45) is 3.61. The van der Waals surface area contributed by atoms with E-state index in [2.05, 4.69) is 52.1 Å². The minimum atomic E-state index is -1.65. The van der Waals surface area contributed by atoms with E-state index < -0.39 is 89.4 Å². The van der Waals surface area contributed by atoms with Gasteiger partial charge in [-0.2, -0.15) is 0 Å². The van der Waals surface area contributed by atoms with Crippen LogP contribution in [0.2, 0.25) is 0 Å².